The lowest BCUT2D eigenvalue weighted by atomic mass is 10.3. The minimum atomic E-state index is -0.399. The molecule has 4 aromatic rings. The molecule has 2 aromatic heterocycles. The van der Waals surface area contributed by atoms with Gasteiger partial charge in [-0.1, -0.05) is 35.2 Å². The van der Waals surface area contributed by atoms with E-state index >= 15 is 0 Å². The number of hydrogen-bond acceptors (Lipinski definition) is 6. The summed E-state index contributed by atoms with van der Waals surface area (Å²) in [5.41, 5.74) is 2.14. The van der Waals surface area contributed by atoms with E-state index in [4.69, 9.17) is 0 Å². The van der Waals surface area contributed by atoms with Crippen LogP contribution in [0.15, 0.2) is 53.7 Å². The molecule has 0 atom stereocenters. The molecular weight excluding hydrogens is 381 g/mol. The maximum atomic E-state index is 13.2. The number of carbonyl (C=O) groups excluding carboxylic acids is 1. The second-order valence-electron chi connectivity index (χ2n) is 6.04. The van der Waals surface area contributed by atoms with Crippen molar-refractivity contribution in [2.75, 3.05) is 11.1 Å². The Balaban J connectivity index is 1.40. The van der Waals surface area contributed by atoms with Crippen LogP contribution in [0.1, 0.15) is 5.82 Å². The third kappa shape index (κ3) is 3.86. The van der Waals surface area contributed by atoms with E-state index in [1.807, 2.05) is 35.9 Å². The predicted octanol–water partition coefficient (Wildman–Crippen LogP) is 2.48. The minimum absolute atomic E-state index is 0.134. The third-order valence-electron chi connectivity index (χ3n) is 4.08. The average molecular weight is 397 g/mol. The summed E-state index contributed by atoms with van der Waals surface area (Å²) in [6.45, 7) is 0.417. The number of rotatable bonds is 6. The van der Waals surface area contributed by atoms with E-state index in [0.717, 1.165) is 11.0 Å². The molecule has 0 bridgehead atoms. The summed E-state index contributed by atoms with van der Waals surface area (Å²) in [4.78, 5) is 12.1. The summed E-state index contributed by atoms with van der Waals surface area (Å²) in [7, 11) is 1.83. The number of halogens is 1. The van der Waals surface area contributed by atoms with Gasteiger partial charge in [-0.15, -0.1) is 15.3 Å². The molecule has 0 saturated heterocycles. The highest BCUT2D eigenvalue weighted by molar-refractivity contribution is 7.99. The molecular formula is C18H16FN7OS. The lowest BCUT2D eigenvalue weighted by Crippen LogP contribution is -2.14. The Hall–Kier alpha value is -3.27. The van der Waals surface area contributed by atoms with E-state index in [-0.39, 0.29) is 11.7 Å². The monoisotopic (exact) mass is 397 g/mol. The van der Waals surface area contributed by atoms with E-state index in [1.165, 1.54) is 23.9 Å². The van der Waals surface area contributed by atoms with Gasteiger partial charge in [0.15, 0.2) is 11.0 Å². The molecule has 1 amide bonds. The van der Waals surface area contributed by atoms with Crippen molar-refractivity contribution >= 4 is 34.4 Å². The molecule has 8 nitrogen and oxygen atoms in total. The lowest BCUT2D eigenvalue weighted by molar-refractivity contribution is -0.113. The molecule has 0 aliphatic carbocycles. The maximum Gasteiger partial charge on any atom is 0.234 e. The first-order valence-electron chi connectivity index (χ1n) is 8.45. The van der Waals surface area contributed by atoms with Gasteiger partial charge in [0.05, 0.1) is 11.3 Å². The number of amides is 1. The van der Waals surface area contributed by atoms with Crippen molar-refractivity contribution in [3.05, 3.63) is 60.2 Å². The van der Waals surface area contributed by atoms with E-state index in [0.29, 0.717) is 23.2 Å². The van der Waals surface area contributed by atoms with Crippen LogP contribution in [0.25, 0.3) is 11.0 Å². The van der Waals surface area contributed by atoms with Crippen molar-refractivity contribution in [2.45, 2.75) is 11.7 Å². The van der Waals surface area contributed by atoms with Crippen molar-refractivity contribution in [3.63, 3.8) is 0 Å². The molecule has 10 heteroatoms. The normalized spacial score (nSPS) is 11.1. The van der Waals surface area contributed by atoms with Crippen LogP contribution in [-0.4, -0.2) is 41.4 Å². The highest BCUT2D eigenvalue weighted by Crippen LogP contribution is 2.18. The van der Waals surface area contributed by atoms with E-state index < -0.39 is 5.82 Å². The Labute approximate surface area is 163 Å². The van der Waals surface area contributed by atoms with E-state index in [2.05, 4.69) is 25.8 Å². The largest absolute Gasteiger partial charge is 0.325 e. The predicted molar refractivity (Wildman–Crippen MR) is 103 cm³/mol. The van der Waals surface area contributed by atoms with Gasteiger partial charge in [0, 0.05) is 12.7 Å². The Morgan fingerprint density at radius 1 is 1.14 bits per heavy atom. The zero-order valence-electron chi connectivity index (χ0n) is 14.9. The molecule has 0 spiro atoms. The van der Waals surface area contributed by atoms with E-state index in [1.54, 1.807) is 16.8 Å². The van der Waals surface area contributed by atoms with Crippen molar-refractivity contribution in [1.82, 2.24) is 29.8 Å². The summed E-state index contributed by atoms with van der Waals surface area (Å²) < 4.78 is 16.8. The van der Waals surface area contributed by atoms with E-state index in [9.17, 15) is 9.18 Å². The van der Waals surface area contributed by atoms with Gasteiger partial charge in [0.25, 0.3) is 0 Å². The summed E-state index contributed by atoms with van der Waals surface area (Å²) in [5.74, 6) is 0.185. The third-order valence-corrected chi connectivity index (χ3v) is 5.10. The fraction of sp³-hybridized carbons (Fsp3) is 0.167. The van der Waals surface area contributed by atoms with Crippen LogP contribution < -0.4 is 5.32 Å². The van der Waals surface area contributed by atoms with Crippen LogP contribution in [-0.2, 0) is 18.4 Å². The molecule has 2 heterocycles. The van der Waals surface area contributed by atoms with Gasteiger partial charge in [-0.05, 0) is 30.3 Å². The summed E-state index contributed by atoms with van der Waals surface area (Å²) >= 11 is 1.25. The van der Waals surface area contributed by atoms with Gasteiger partial charge in [0.2, 0.25) is 5.91 Å². The molecule has 2 aromatic carbocycles. The Morgan fingerprint density at radius 2 is 2.00 bits per heavy atom. The number of nitrogens with one attached hydrogen (secondary N) is 1. The molecule has 0 aliphatic rings. The first-order valence-corrected chi connectivity index (χ1v) is 9.43. The Morgan fingerprint density at radius 3 is 2.86 bits per heavy atom. The van der Waals surface area contributed by atoms with Gasteiger partial charge >= 0.3 is 0 Å². The molecule has 0 aliphatic heterocycles. The van der Waals surface area contributed by atoms with Crippen molar-refractivity contribution < 1.29 is 9.18 Å². The molecule has 0 fully saturated rings. The Kier molecular flexibility index (Phi) is 5.02. The molecule has 0 radical (unpaired) electrons. The van der Waals surface area contributed by atoms with Crippen molar-refractivity contribution in [3.8, 4) is 0 Å². The number of carbonyl (C=O) groups is 1. The molecule has 4 rings (SSSR count). The number of anilines is 1. The van der Waals surface area contributed by atoms with Crippen LogP contribution in [0.5, 0.6) is 0 Å². The van der Waals surface area contributed by atoms with Crippen LogP contribution in [0, 0.1) is 5.82 Å². The number of fused-ring (bicyclic) bond motifs is 1. The quantitative estimate of drug-likeness (QED) is 0.503. The van der Waals surface area contributed by atoms with Crippen molar-refractivity contribution in [2.24, 2.45) is 7.05 Å². The number of nitrogens with zero attached hydrogens (tertiary/aromatic N) is 6. The zero-order chi connectivity index (χ0) is 19.5. The number of thioether (sulfide) groups is 1. The van der Waals surface area contributed by atoms with Crippen LogP contribution in [0.2, 0.25) is 0 Å². The van der Waals surface area contributed by atoms with Gasteiger partial charge in [0.1, 0.15) is 17.9 Å². The van der Waals surface area contributed by atoms with Crippen molar-refractivity contribution in [1.29, 1.82) is 0 Å². The second-order valence-corrected chi connectivity index (χ2v) is 6.98. The fourth-order valence-electron chi connectivity index (χ4n) is 2.67. The number of aromatic nitrogens is 6. The molecule has 28 heavy (non-hydrogen) atoms. The minimum Gasteiger partial charge on any atom is -0.325 e. The Bertz CT molecular complexity index is 1140. The van der Waals surface area contributed by atoms with Gasteiger partial charge < -0.3 is 9.88 Å². The first-order chi connectivity index (χ1) is 13.6. The van der Waals surface area contributed by atoms with Crippen LogP contribution >= 0.6 is 11.8 Å². The second kappa shape index (κ2) is 7.77. The molecule has 1 N–H and O–H groups in total. The SMILES string of the molecule is Cn1c(Cn2nnc3ccccc32)nnc1SCC(=O)Nc1cccc(F)c1. The number of para-hydroxylation sites is 1. The summed E-state index contributed by atoms with van der Waals surface area (Å²) in [6.07, 6.45) is 0. The van der Waals surface area contributed by atoms with Gasteiger partial charge in [-0.3, -0.25) is 4.79 Å². The standard InChI is InChI=1S/C18H16FN7OS/c1-25-16(10-26-15-8-3-2-7-14(15)21-24-26)22-23-18(25)28-11-17(27)20-13-6-4-5-12(19)9-13/h2-9H,10-11H2,1H3,(H,20,27). The highest BCUT2D eigenvalue weighted by Gasteiger charge is 2.14. The topological polar surface area (TPSA) is 90.5 Å². The first kappa shape index (κ1) is 18.1. The molecule has 0 unspecified atom stereocenters. The number of benzene rings is 2. The van der Waals surface area contributed by atoms with Gasteiger partial charge in [-0.25, -0.2) is 9.07 Å². The molecule has 142 valence electrons. The maximum absolute atomic E-state index is 13.2. The van der Waals surface area contributed by atoms with Gasteiger partial charge in [-0.2, -0.15) is 0 Å². The smallest absolute Gasteiger partial charge is 0.234 e. The number of hydrogen-bond donors (Lipinski definition) is 1. The van der Waals surface area contributed by atoms with Crippen LogP contribution in [0.4, 0.5) is 10.1 Å². The van der Waals surface area contributed by atoms with Crippen LogP contribution in [0.3, 0.4) is 0 Å². The summed E-state index contributed by atoms with van der Waals surface area (Å²) in [6, 6.07) is 13.4. The zero-order valence-corrected chi connectivity index (χ0v) is 15.7. The average Bonchev–Trinajstić information content (AvgIpc) is 3.25. The summed E-state index contributed by atoms with van der Waals surface area (Å²) in [5, 5.41) is 19.9. The highest BCUT2D eigenvalue weighted by atomic mass is 32.2. The molecule has 0 saturated carbocycles. The fourth-order valence-corrected chi connectivity index (χ4v) is 3.40. The lowest BCUT2D eigenvalue weighted by Gasteiger charge is -2.06.